The molecule has 3 amide bonds. The lowest BCUT2D eigenvalue weighted by Gasteiger charge is -2.23. The molecule has 1 fully saturated rings. The second-order valence-corrected chi connectivity index (χ2v) is 6.34. The lowest BCUT2D eigenvalue weighted by molar-refractivity contribution is -0.128. The van der Waals surface area contributed by atoms with E-state index in [1.807, 2.05) is 30.3 Å². The normalized spacial score (nSPS) is 16.1. The number of benzene rings is 1. The summed E-state index contributed by atoms with van der Waals surface area (Å²) < 4.78 is 5.30. The molecule has 1 atom stereocenters. The summed E-state index contributed by atoms with van der Waals surface area (Å²) in [5.74, 6) is 0.894. The zero-order chi connectivity index (χ0) is 18.5. The molecule has 0 bridgehead atoms. The SMILES string of the molecule is CC(=O)N1CCCN(C(=O)N[C@@H](C)c2nc(-c3ccccc3)no2)CC1. The predicted molar refractivity (Wildman–Crippen MR) is 95.1 cm³/mol. The molecular weight excluding hydrogens is 334 g/mol. The molecule has 1 N–H and O–H groups in total. The maximum absolute atomic E-state index is 12.5. The van der Waals surface area contributed by atoms with Gasteiger partial charge in [0, 0.05) is 38.7 Å². The van der Waals surface area contributed by atoms with Crippen LogP contribution >= 0.6 is 0 Å². The van der Waals surface area contributed by atoms with Crippen molar-refractivity contribution in [3.05, 3.63) is 36.2 Å². The van der Waals surface area contributed by atoms with Crippen molar-refractivity contribution in [2.75, 3.05) is 26.2 Å². The number of aromatic nitrogens is 2. The van der Waals surface area contributed by atoms with Gasteiger partial charge in [0.15, 0.2) is 0 Å². The Bertz CT molecular complexity index is 761. The van der Waals surface area contributed by atoms with Crippen LogP contribution in [-0.4, -0.2) is 58.1 Å². The first-order valence-electron chi connectivity index (χ1n) is 8.74. The molecule has 1 saturated heterocycles. The van der Waals surface area contributed by atoms with Crippen molar-refractivity contribution in [3.8, 4) is 11.4 Å². The lowest BCUT2D eigenvalue weighted by atomic mass is 10.2. The zero-order valence-corrected chi connectivity index (χ0v) is 15.0. The van der Waals surface area contributed by atoms with Crippen LogP contribution in [0.15, 0.2) is 34.9 Å². The molecule has 8 nitrogen and oxygen atoms in total. The molecule has 0 saturated carbocycles. The van der Waals surface area contributed by atoms with Gasteiger partial charge in [0.05, 0.1) is 0 Å². The smallest absolute Gasteiger partial charge is 0.318 e. The van der Waals surface area contributed by atoms with Crippen LogP contribution in [0.2, 0.25) is 0 Å². The Morgan fingerprint density at radius 1 is 1.12 bits per heavy atom. The molecule has 0 spiro atoms. The number of nitrogens with one attached hydrogen (secondary N) is 1. The van der Waals surface area contributed by atoms with Crippen molar-refractivity contribution in [1.82, 2.24) is 25.3 Å². The first-order valence-corrected chi connectivity index (χ1v) is 8.74. The number of carbonyl (C=O) groups is 2. The lowest BCUT2D eigenvalue weighted by Crippen LogP contribution is -2.43. The highest BCUT2D eigenvalue weighted by Gasteiger charge is 2.23. The topological polar surface area (TPSA) is 91.6 Å². The van der Waals surface area contributed by atoms with Gasteiger partial charge in [-0.15, -0.1) is 0 Å². The van der Waals surface area contributed by atoms with Gasteiger partial charge in [0.2, 0.25) is 17.6 Å². The van der Waals surface area contributed by atoms with Crippen molar-refractivity contribution < 1.29 is 14.1 Å². The second kappa shape index (κ2) is 7.99. The summed E-state index contributed by atoms with van der Waals surface area (Å²) in [6.45, 7) is 5.71. The van der Waals surface area contributed by atoms with E-state index >= 15 is 0 Å². The molecule has 8 heteroatoms. The van der Waals surface area contributed by atoms with Gasteiger partial charge < -0.3 is 19.6 Å². The van der Waals surface area contributed by atoms with Crippen LogP contribution in [0.25, 0.3) is 11.4 Å². The van der Waals surface area contributed by atoms with Crippen molar-refractivity contribution >= 4 is 11.9 Å². The predicted octanol–water partition coefficient (Wildman–Crippen LogP) is 2.06. The number of rotatable bonds is 3. The van der Waals surface area contributed by atoms with Gasteiger partial charge in [-0.1, -0.05) is 35.5 Å². The average Bonchev–Trinajstić information content (AvgIpc) is 3.00. The van der Waals surface area contributed by atoms with Crippen LogP contribution in [0.4, 0.5) is 4.79 Å². The largest absolute Gasteiger partial charge is 0.341 e. The molecule has 138 valence electrons. The van der Waals surface area contributed by atoms with Gasteiger partial charge in [-0.25, -0.2) is 4.79 Å². The third-order valence-electron chi connectivity index (χ3n) is 4.41. The van der Waals surface area contributed by atoms with Crippen LogP contribution in [0.5, 0.6) is 0 Å². The van der Waals surface area contributed by atoms with E-state index < -0.39 is 6.04 Å². The molecular formula is C18H23N5O3. The first kappa shape index (κ1) is 17.9. The summed E-state index contributed by atoms with van der Waals surface area (Å²) >= 11 is 0. The summed E-state index contributed by atoms with van der Waals surface area (Å²) in [4.78, 5) is 31.8. The molecule has 0 radical (unpaired) electrons. The van der Waals surface area contributed by atoms with Crippen molar-refractivity contribution in [2.45, 2.75) is 26.3 Å². The van der Waals surface area contributed by atoms with E-state index in [4.69, 9.17) is 4.52 Å². The van der Waals surface area contributed by atoms with E-state index in [9.17, 15) is 9.59 Å². The van der Waals surface area contributed by atoms with E-state index in [0.717, 1.165) is 12.0 Å². The minimum atomic E-state index is -0.403. The molecule has 26 heavy (non-hydrogen) atoms. The highest BCUT2D eigenvalue weighted by Crippen LogP contribution is 2.18. The molecule has 3 rings (SSSR count). The summed E-state index contributed by atoms with van der Waals surface area (Å²) in [5, 5.41) is 6.87. The first-order chi connectivity index (χ1) is 12.5. The Kier molecular flexibility index (Phi) is 5.50. The standard InChI is InChI=1S/C18H23N5O3/c1-13(17-20-16(21-26-17)15-7-4-3-5-8-15)19-18(25)23-10-6-9-22(11-12-23)14(2)24/h3-5,7-8,13H,6,9-12H2,1-2H3,(H,19,25)/t13-/m0/s1. The average molecular weight is 357 g/mol. The molecule has 2 heterocycles. The molecule has 1 aromatic heterocycles. The summed E-state index contributed by atoms with van der Waals surface area (Å²) in [7, 11) is 0. The fourth-order valence-corrected chi connectivity index (χ4v) is 2.89. The summed E-state index contributed by atoms with van der Waals surface area (Å²) in [6.07, 6.45) is 0.764. The Morgan fingerprint density at radius 2 is 1.81 bits per heavy atom. The van der Waals surface area contributed by atoms with E-state index in [-0.39, 0.29) is 11.9 Å². The Balaban J connectivity index is 1.59. The zero-order valence-electron chi connectivity index (χ0n) is 15.0. The maximum Gasteiger partial charge on any atom is 0.318 e. The summed E-state index contributed by atoms with van der Waals surface area (Å²) in [5.41, 5.74) is 0.859. The number of nitrogens with zero attached hydrogens (tertiary/aromatic N) is 4. The van der Waals surface area contributed by atoms with E-state index in [1.165, 1.54) is 0 Å². The minimum absolute atomic E-state index is 0.0416. The van der Waals surface area contributed by atoms with Gasteiger partial charge in [-0.2, -0.15) is 4.98 Å². The monoisotopic (exact) mass is 357 g/mol. The Hall–Kier alpha value is -2.90. The van der Waals surface area contributed by atoms with Crippen LogP contribution < -0.4 is 5.32 Å². The maximum atomic E-state index is 12.5. The van der Waals surface area contributed by atoms with E-state index in [1.54, 1.807) is 23.6 Å². The van der Waals surface area contributed by atoms with Gasteiger partial charge >= 0.3 is 6.03 Å². The molecule has 0 aliphatic carbocycles. The minimum Gasteiger partial charge on any atom is -0.341 e. The number of amides is 3. The van der Waals surface area contributed by atoms with Crippen LogP contribution in [0.1, 0.15) is 32.2 Å². The fourth-order valence-electron chi connectivity index (χ4n) is 2.89. The van der Waals surface area contributed by atoms with E-state index in [0.29, 0.717) is 37.9 Å². The number of hydrogen-bond donors (Lipinski definition) is 1. The number of carbonyl (C=O) groups excluding carboxylic acids is 2. The molecule has 1 aliphatic rings. The van der Waals surface area contributed by atoms with Crippen molar-refractivity contribution in [3.63, 3.8) is 0 Å². The fraction of sp³-hybridized carbons (Fsp3) is 0.444. The van der Waals surface area contributed by atoms with Gasteiger partial charge in [0.25, 0.3) is 0 Å². The summed E-state index contributed by atoms with van der Waals surface area (Å²) in [6, 6.07) is 8.93. The third kappa shape index (κ3) is 4.19. The number of hydrogen-bond acceptors (Lipinski definition) is 5. The highest BCUT2D eigenvalue weighted by atomic mass is 16.5. The Labute approximate surface area is 152 Å². The van der Waals surface area contributed by atoms with Crippen molar-refractivity contribution in [1.29, 1.82) is 0 Å². The molecule has 1 aromatic carbocycles. The molecule has 2 aromatic rings. The van der Waals surface area contributed by atoms with Crippen LogP contribution in [-0.2, 0) is 4.79 Å². The van der Waals surface area contributed by atoms with Gasteiger partial charge in [-0.05, 0) is 13.3 Å². The quantitative estimate of drug-likeness (QED) is 0.908. The molecule has 1 aliphatic heterocycles. The number of urea groups is 1. The highest BCUT2D eigenvalue weighted by molar-refractivity contribution is 5.75. The third-order valence-corrected chi connectivity index (χ3v) is 4.41. The van der Waals surface area contributed by atoms with Gasteiger partial charge in [-0.3, -0.25) is 4.79 Å². The second-order valence-electron chi connectivity index (χ2n) is 6.34. The Morgan fingerprint density at radius 3 is 2.54 bits per heavy atom. The van der Waals surface area contributed by atoms with E-state index in [2.05, 4.69) is 15.5 Å². The van der Waals surface area contributed by atoms with Gasteiger partial charge in [0.1, 0.15) is 6.04 Å². The van der Waals surface area contributed by atoms with Crippen molar-refractivity contribution in [2.24, 2.45) is 0 Å². The molecule has 0 unspecified atom stereocenters. The van der Waals surface area contributed by atoms with Crippen LogP contribution in [0, 0.1) is 0 Å². The van der Waals surface area contributed by atoms with Crippen LogP contribution in [0.3, 0.4) is 0 Å².